The highest BCUT2D eigenvalue weighted by Crippen LogP contribution is 1.98. The smallest absolute Gasteiger partial charge is 0.296 e. The van der Waals surface area contributed by atoms with Crippen molar-refractivity contribution < 1.29 is 9.42 Å². The molecule has 0 fully saturated rings. The molecule has 0 bridgehead atoms. The molecule has 0 aliphatic rings. The molecule has 0 radical (unpaired) electrons. The van der Waals surface area contributed by atoms with Crippen molar-refractivity contribution in [3.8, 4) is 11.8 Å². The summed E-state index contributed by atoms with van der Waals surface area (Å²) in [6.45, 7) is 3.65. The Bertz CT molecular complexity index is 359. The van der Waals surface area contributed by atoms with Crippen LogP contribution in [0.3, 0.4) is 0 Å². The zero-order valence-corrected chi connectivity index (χ0v) is 7.42. The zero-order valence-electron chi connectivity index (χ0n) is 7.42. The SMILES string of the molecule is CC#CC(=O)NCc1nonc1C. The molecule has 0 saturated carbocycles. The number of nitrogens with zero attached hydrogens (tertiary/aromatic N) is 2. The molecule has 0 aliphatic carbocycles. The first-order chi connectivity index (χ1) is 6.24. The van der Waals surface area contributed by atoms with E-state index in [9.17, 15) is 4.79 Å². The lowest BCUT2D eigenvalue weighted by molar-refractivity contribution is -0.115. The van der Waals surface area contributed by atoms with Crippen LogP contribution in [0.25, 0.3) is 0 Å². The van der Waals surface area contributed by atoms with E-state index in [1.165, 1.54) is 0 Å². The van der Waals surface area contributed by atoms with Gasteiger partial charge in [0, 0.05) is 0 Å². The molecule has 0 unspecified atom stereocenters. The molecule has 68 valence electrons. The molecule has 1 heterocycles. The minimum absolute atomic E-state index is 0.294. The Morgan fingerprint density at radius 1 is 1.62 bits per heavy atom. The van der Waals surface area contributed by atoms with Crippen LogP contribution >= 0.6 is 0 Å². The minimum Gasteiger partial charge on any atom is -0.339 e. The lowest BCUT2D eigenvalue weighted by Gasteiger charge is -1.95. The minimum atomic E-state index is -0.329. The molecule has 0 spiro atoms. The molecular formula is C8H9N3O2. The van der Waals surface area contributed by atoms with E-state index in [0.29, 0.717) is 17.9 Å². The molecule has 0 aromatic carbocycles. The van der Waals surface area contributed by atoms with Crippen LogP contribution < -0.4 is 5.32 Å². The number of rotatable bonds is 2. The van der Waals surface area contributed by atoms with Crippen LogP contribution in [0.15, 0.2) is 4.63 Å². The van der Waals surface area contributed by atoms with E-state index in [4.69, 9.17) is 0 Å². The number of carbonyl (C=O) groups excluding carboxylic acids is 1. The van der Waals surface area contributed by atoms with Crippen LogP contribution in [-0.2, 0) is 11.3 Å². The average Bonchev–Trinajstić information content (AvgIpc) is 2.48. The van der Waals surface area contributed by atoms with Gasteiger partial charge in [0.15, 0.2) is 0 Å². The molecule has 1 rings (SSSR count). The maximum atomic E-state index is 10.9. The summed E-state index contributed by atoms with van der Waals surface area (Å²) in [6, 6.07) is 0. The van der Waals surface area contributed by atoms with Gasteiger partial charge in [-0.05, 0) is 19.8 Å². The predicted octanol–water partition coefficient (Wildman–Crippen LogP) is 0.0175. The molecule has 5 nitrogen and oxygen atoms in total. The van der Waals surface area contributed by atoms with Crippen molar-refractivity contribution in [1.82, 2.24) is 15.6 Å². The van der Waals surface area contributed by atoms with Gasteiger partial charge in [-0.25, -0.2) is 4.63 Å². The highest BCUT2D eigenvalue weighted by molar-refractivity contribution is 5.93. The first-order valence-corrected chi connectivity index (χ1v) is 3.72. The molecule has 5 heteroatoms. The van der Waals surface area contributed by atoms with Gasteiger partial charge in [0.05, 0.1) is 6.54 Å². The summed E-state index contributed by atoms with van der Waals surface area (Å²) in [5.41, 5.74) is 1.29. The monoisotopic (exact) mass is 179 g/mol. The van der Waals surface area contributed by atoms with E-state index >= 15 is 0 Å². The number of amides is 1. The van der Waals surface area contributed by atoms with Crippen molar-refractivity contribution in [1.29, 1.82) is 0 Å². The lowest BCUT2D eigenvalue weighted by atomic mass is 10.3. The second-order valence-electron chi connectivity index (χ2n) is 2.35. The maximum Gasteiger partial charge on any atom is 0.296 e. The molecule has 1 N–H and O–H groups in total. The number of nitrogens with one attached hydrogen (secondary N) is 1. The summed E-state index contributed by atoms with van der Waals surface area (Å²) in [7, 11) is 0. The Morgan fingerprint density at radius 2 is 2.38 bits per heavy atom. The normalized spacial score (nSPS) is 8.77. The molecule has 1 aromatic rings. The predicted molar refractivity (Wildman–Crippen MR) is 44.3 cm³/mol. The summed E-state index contributed by atoms with van der Waals surface area (Å²) >= 11 is 0. The maximum absolute atomic E-state index is 10.9. The largest absolute Gasteiger partial charge is 0.339 e. The molecule has 1 aromatic heterocycles. The van der Waals surface area contributed by atoms with Crippen molar-refractivity contribution in [3.63, 3.8) is 0 Å². The van der Waals surface area contributed by atoms with Crippen LogP contribution in [0.4, 0.5) is 0 Å². The van der Waals surface area contributed by atoms with E-state index < -0.39 is 0 Å². The topological polar surface area (TPSA) is 68.0 Å². The summed E-state index contributed by atoms with van der Waals surface area (Å²) in [5.74, 6) is 4.51. The van der Waals surface area contributed by atoms with Crippen LogP contribution in [0, 0.1) is 18.8 Å². The Hall–Kier alpha value is -1.83. The van der Waals surface area contributed by atoms with Crippen molar-refractivity contribution in [2.45, 2.75) is 20.4 Å². The fraction of sp³-hybridized carbons (Fsp3) is 0.375. The fourth-order valence-electron chi connectivity index (χ4n) is 0.732. The van der Waals surface area contributed by atoms with Gasteiger partial charge in [0.25, 0.3) is 5.91 Å². The van der Waals surface area contributed by atoms with E-state index in [2.05, 4.69) is 32.1 Å². The zero-order chi connectivity index (χ0) is 9.68. The standard InChI is InChI=1S/C8H9N3O2/c1-3-4-8(12)9-5-7-6(2)10-13-11-7/h5H2,1-2H3,(H,9,12). The molecular weight excluding hydrogens is 170 g/mol. The third kappa shape index (κ3) is 2.60. The van der Waals surface area contributed by atoms with Crippen LogP contribution in [-0.4, -0.2) is 16.2 Å². The van der Waals surface area contributed by atoms with E-state index in [1.807, 2.05) is 0 Å². The molecule has 1 amide bonds. The summed E-state index contributed by atoms with van der Waals surface area (Å²) in [6.07, 6.45) is 0. The van der Waals surface area contributed by atoms with Gasteiger partial charge in [-0.1, -0.05) is 16.2 Å². The fourth-order valence-corrected chi connectivity index (χ4v) is 0.732. The van der Waals surface area contributed by atoms with Gasteiger partial charge in [0.2, 0.25) is 0 Å². The number of hydrogen-bond donors (Lipinski definition) is 1. The Kier molecular flexibility index (Phi) is 3.03. The molecule has 0 atom stereocenters. The van der Waals surface area contributed by atoms with E-state index in [-0.39, 0.29) is 5.91 Å². The van der Waals surface area contributed by atoms with E-state index in [1.54, 1.807) is 13.8 Å². The second kappa shape index (κ2) is 4.26. The van der Waals surface area contributed by atoms with Crippen molar-refractivity contribution in [3.05, 3.63) is 11.4 Å². The summed E-state index contributed by atoms with van der Waals surface area (Å²) < 4.78 is 4.45. The third-order valence-corrected chi connectivity index (χ3v) is 1.40. The number of aromatic nitrogens is 2. The van der Waals surface area contributed by atoms with Crippen molar-refractivity contribution in [2.75, 3.05) is 0 Å². The highest BCUT2D eigenvalue weighted by atomic mass is 16.6. The van der Waals surface area contributed by atoms with Crippen molar-refractivity contribution >= 4 is 5.91 Å². The first kappa shape index (κ1) is 9.26. The Balaban J connectivity index is 2.47. The van der Waals surface area contributed by atoms with Crippen LogP contribution in [0.2, 0.25) is 0 Å². The van der Waals surface area contributed by atoms with Gasteiger partial charge >= 0.3 is 0 Å². The molecule has 13 heavy (non-hydrogen) atoms. The highest BCUT2D eigenvalue weighted by Gasteiger charge is 2.05. The third-order valence-electron chi connectivity index (χ3n) is 1.40. The molecule has 0 aliphatic heterocycles. The second-order valence-corrected chi connectivity index (χ2v) is 2.35. The van der Waals surface area contributed by atoms with Crippen LogP contribution in [0.1, 0.15) is 18.3 Å². The van der Waals surface area contributed by atoms with Gasteiger partial charge < -0.3 is 5.32 Å². The molecule has 0 saturated heterocycles. The average molecular weight is 179 g/mol. The number of hydrogen-bond acceptors (Lipinski definition) is 4. The quantitative estimate of drug-likeness (QED) is 0.650. The summed E-state index contributed by atoms with van der Waals surface area (Å²) in [4.78, 5) is 10.9. The number of carbonyl (C=O) groups is 1. The van der Waals surface area contributed by atoms with Gasteiger partial charge in [-0.15, -0.1) is 0 Å². The lowest BCUT2D eigenvalue weighted by Crippen LogP contribution is -2.21. The Morgan fingerprint density at radius 3 is 2.92 bits per heavy atom. The van der Waals surface area contributed by atoms with Gasteiger partial charge in [-0.3, -0.25) is 4.79 Å². The first-order valence-electron chi connectivity index (χ1n) is 3.72. The van der Waals surface area contributed by atoms with Crippen LogP contribution in [0.5, 0.6) is 0 Å². The Labute approximate surface area is 75.5 Å². The van der Waals surface area contributed by atoms with E-state index in [0.717, 1.165) is 0 Å². The van der Waals surface area contributed by atoms with Crippen molar-refractivity contribution in [2.24, 2.45) is 0 Å². The van der Waals surface area contributed by atoms with Gasteiger partial charge in [0.1, 0.15) is 11.4 Å². The summed E-state index contributed by atoms with van der Waals surface area (Å²) in [5, 5.41) is 9.72. The van der Waals surface area contributed by atoms with Gasteiger partial charge in [-0.2, -0.15) is 0 Å². The number of aryl methyl sites for hydroxylation is 1.